The lowest BCUT2D eigenvalue weighted by Crippen LogP contribution is -2.50. The molecule has 7 amide bonds. The lowest BCUT2D eigenvalue weighted by atomic mass is 9.86. The number of Topliss-reactive ketones (excluding diaryl/α,β-unsaturated/α-hetero) is 1. The number of benzene rings is 7. The molecular weight excluding hydrogens is 1750 g/mol. The molecule has 0 saturated carbocycles. The maximum atomic E-state index is 12.5. The summed E-state index contributed by atoms with van der Waals surface area (Å²) in [6.07, 6.45) is 13.3. The molecule has 22 heteroatoms. The second-order valence-electron chi connectivity index (χ2n) is 45.4. The molecule has 7 aromatic rings. The summed E-state index contributed by atoms with van der Waals surface area (Å²) in [7, 11) is 2.11. The Morgan fingerprint density at radius 2 is 0.647 bits per heavy atom. The third-order valence-corrected chi connectivity index (χ3v) is 27.9. The van der Waals surface area contributed by atoms with Gasteiger partial charge in [0.25, 0.3) is 35.4 Å². The monoisotopic (exact) mass is 1930 g/mol. The number of nitrogens with zero attached hydrogens (tertiary/aromatic N) is 9. The summed E-state index contributed by atoms with van der Waals surface area (Å²) in [4.78, 5) is 113. The van der Waals surface area contributed by atoms with Gasteiger partial charge < -0.3 is 49.3 Å². The third kappa shape index (κ3) is 40.0. The van der Waals surface area contributed by atoms with Gasteiger partial charge in [-0.1, -0.05) is 256 Å². The summed E-state index contributed by atoms with van der Waals surface area (Å²) >= 11 is 0. The van der Waals surface area contributed by atoms with Crippen LogP contribution in [0.25, 0.3) is 0 Å². The van der Waals surface area contributed by atoms with Crippen molar-refractivity contribution in [2.75, 3.05) is 158 Å². The maximum Gasteiger partial charge on any atom is 0.253 e. The minimum atomic E-state index is -3.17. The first-order valence-corrected chi connectivity index (χ1v) is 52.9. The van der Waals surface area contributed by atoms with Gasteiger partial charge in [0.1, 0.15) is 0 Å². The first-order chi connectivity index (χ1) is 64.9. The predicted molar refractivity (Wildman–Crippen MR) is 573 cm³/mol. The summed E-state index contributed by atoms with van der Waals surface area (Å²) in [5, 5.41) is 3.02. The van der Waals surface area contributed by atoms with E-state index in [9.17, 15) is 46.8 Å². The number of hydrogen-bond donors (Lipinski definition) is 1. The highest BCUT2D eigenvalue weighted by molar-refractivity contribution is 7.88. The largest absolute Gasteiger partial charge is 0.384 e. The van der Waals surface area contributed by atoms with Gasteiger partial charge in [-0.25, -0.2) is 8.42 Å². The van der Waals surface area contributed by atoms with Crippen LogP contribution in [0.5, 0.6) is 0 Å². The number of sulfonamides is 1. The van der Waals surface area contributed by atoms with E-state index in [0.717, 1.165) is 144 Å². The number of rotatable bonds is 21. The van der Waals surface area contributed by atoms with E-state index in [4.69, 9.17) is 4.74 Å². The van der Waals surface area contributed by atoms with Crippen LogP contribution >= 0.6 is 0 Å². The van der Waals surface area contributed by atoms with Crippen LogP contribution in [0.3, 0.4) is 0 Å². The average Bonchev–Trinajstić information content (AvgIpc) is 1.30. The van der Waals surface area contributed by atoms with Crippen LogP contribution in [-0.4, -0.2) is 257 Å². The molecule has 5 heterocycles. The summed E-state index contributed by atoms with van der Waals surface area (Å²) in [6.45, 7) is 67.5. The second kappa shape index (κ2) is 54.5. The van der Waals surface area contributed by atoms with Gasteiger partial charge in [0.15, 0.2) is 5.78 Å². The molecule has 0 radical (unpaired) electrons. The molecule has 21 nitrogen and oxygen atoms in total. The van der Waals surface area contributed by atoms with Crippen LogP contribution in [-0.2, 0) is 57.5 Å². The Balaban J connectivity index is 0.000000249. The van der Waals surface area contributed by atoms with Crippen molar-refractivity contribution < 1.29 is 51.5 Å². The number of carbonyl (C=O) groups is 8. The molecule has 5 saturated heterocycles. The minimum Gasteiger partial charge on any atom is -0.384 e. The van der Waals surface area contributed by atoms with Gasteiger partial charge in [0.2, 0.25) is 15.9 Å². The van der Waals surface area contributed by atoms with Crippen molar-refractivity contribution in [2.24, 2.45) is 5.92 Å². The number of hydrogen-bond acceptors (Lipinski definition) is 13. The Labute approximate surface area is 839 Å². The summed E-state index contributed by atoms with van der Waals surface area (Å²) < 4.78 is 29.6. The van der Waals surface area contributed by atoms with Crippen LogP contribution in [0.4, 0.5) is 0 Å². The molecule has 0 aliphatic carbocycles. The van der Waals surface area contributed by atoms with Crippen molar-refractivity contribution in [2.45, 2.75) is 275 Å². The van der Waals surface area contributed by atoms with Crippen LogP contribution in [0.15, 0.2) is 170 Å². The number of amides is 7. The van der Waals surface area contributed by atoms with Crippen molar-refractivity contribution in [1.29, 1.82) is 0 Å². The van der Waals surface area contributed by atoms with E-state index in [-0.39, 0.29) is 85.0 Å². The highest BCUT2D eigenvalue weighted by Crippen LogP contribution is 2.31. The van der Waals surface area contributed by atoms with E-state index >= 15 is 0 Å². The lowest BCUT2D eigenvalue weighted by Gasteiger charge is -2.34. The predicted octanol–water partition coefficient (Wildman–Crippen LogP) is 21.6. The topological polar surface area (TPSA) is 221 Å². The second-order valence-corrected chi connectivity index (χ2v) is 47.3. The number of piperidine rings is 2. The fourth-order valence-electron chi connectivity index (χ4n) is 16.8. The Morgan fingerprint density at radius 3 is 0.950 bits per heavy atom. The van der Waals surface area contributed by atoms with Gasteiger partial charge in [-0.2, -0.15) is 4.31 Å². The smallest absolute Gasteiger partial charge is 0.253 e. The molecule has 766 valence electrons. The van der Waals surface area contributed by atoms with Crippen molar-refractivity contribution in [3.8, 4) is 0 Å². The Kier molecular flexibility index (Phi) is 46.3. The van der Waals surface area contributed by atoms with E-state index in [0.29, 0.717) is 70.3 Å². The zero-order chi connectivity index (χ0) is 104. The molecule has 0 aromatic heterocycles. The molecule has 0 atom stereocenters. The highest BCUT2D eigenvalue weighted by atomic mass is 32.2. The van der Waals surface area contributed by atoms with Crippen molar-refractivity contribution in [3.63, 3.8) is 0 Å². The Hall–Kier alpha value is -9.71. The maximum absolute atomic E-state index is 12.5. The number of methoxy groups -OCH3 is 1. The molecule has 7 aromatic carbocycles. The normalized spacial score (nSPS) is 15.4. The number of unbranched alkanes of at least 4 members (excludes halogenated alkanes) is 1. The Bertz CT molecular complexity index is 4970. The van der Waals surface area contributed by atoms with Crippen LogP contribution in [0, 0.1) is 5.92 Å². The van der Waals surface area contributed by atoms with Gasteiger partial charge in [-0.3, -0.25) is 38.4 Å². The van der Waals surface area contributed by atoms with Crippen LogP contribution < -0.4 is 5.32 Å². The molecule has 5 aliphatic rings. The molecule has 5 aliphatic heterocycles. The molecule has 5 fully saturated rings. The van der Waals surface area contributed by atoms with Gasteiger partial charge in [0, 0.05) is 165 Å². The van der Waals surface area contributed by atoms with Crippen LogP contribution in [0.2, 0.25) is 0 Å². The van der Waals surface area contributed by atoms with E-state index in [1.54, 1.807) is 42.8 Å². The van der Waals surface area contributed by atoms with Crippen molar-refractivity contribution in [3.05, 3.63) is 248 Å². The zero-order valence-electron chi connectivity index (χ0n) is 90.6. The Morgan fingerprint density at radius 1 is 0.360 bits per heavy atom. The summed E-state index contributed by atoms with van der Waals surface area (Å²) in [5.74, 6) is 1.41. The molecule has 139 heavy (non-hydrogen) atoms. The van der Waals surface area contributed by atoms with E-state index in [1.165, 1.54) is 81.9 Å². The third-order valence-electron chi connectivity index (χ3n) is 26.6. The minimum absolute atomic E-state index is 0.0337. The fraction of sp³-hybridized carbons (Fsp3) is 0.573. The lowest BCUT2D eigenvalue weighted by molar-refractivity contribution is -0.130. The number of nitrogens with one attached hydrogen (secondary N) is 1. The van der Waals surface area contributed by atoms with E-state index in [1.807, 2.05) is 136 Å². The average molecular weight is 1930 g/mol. The molecule has 0 bridgehead atoms. The van der Waals surface area contributed by atoms with Crippen molar-refractivity contribution in [1.82, 2.24) is 48.8 Å². The van der Waals surface area contributed by atoms with Crippen molar-refractivity contribution >= 4 is 57.2 Å². The zero-order valence-corrected chi connectivity index (χ0v) is 91.4. The first kappa shape index (κ1) is 118. The van der Waals surface area contributed by atoms with Gasteiger partial charge in [-0.05, 0) is 259 Å². The first-order valence-electron chi connectivity index (χ1n) is 51.0. The molecule has 0 unspecified atom stereocenters. The van der Waals surface area contributed by atoms with E-state index < -0.39 is 10.0 Å². The number of likely N-dealkylation sites (tertiary alicyclic amines) is 3. The molecular formula is C117H176N10O11S. The number of carbonyl (C=O) groups excluding carboxylic acids is 8. The summed E-state index contributed by atoms with van der Waals surface area (Å²) in [5.41, 5.74) is 14.9. The number of piperazine rings is 2. The van der Waals surface area contributed by atoms with Gasteiger partial charge in [0.05, 0.1) is 6.26 Å². The molecule has 1 N–H and O–H groups in total. The fourth-order valence-corrected chi connectivity index (χ4v) is 17.7. The van der Waals surface area contributed by atoms with E-state index in [2.05, 4.69) is 223 Å². The van der Waals surface area contributed by atoms with Gasteiger partial charge in [-0.15, -0.1) is 0 Å². The standard InChI is InChI=1S/C19H31NO.C18H28N2O.C18H27NO2.C17H24N2O2.C16H24N2O3S.C16H23NO.C13H19NO/c1-6-20(7-2)15-9-8-10-18(21)16-11-13-17(14-12-16)19(3,4)5;1-18(2,3)16-9-7-15(8-10-16)17(21)19-11-6-14-20-12-4-5-13-20;1-18(2,3)16-7-5-15(6-8-16)17(20)19-11-9-14(10-12-19)13-21-4;1-13(20)18-9-11-19(12-10-18)16(21)14-5-7-15(8-6-14)17(2,3)4;1-16(2,3)14-7-5-13(6-8-14)15(19)17-9-11-18(12-10-17)22(4,20)21;1-16(2,3)14-9-7-13(8-10-14)15(18)17-11-5-4-6-12-17;1-13(2,3)11-8-6-10(7-9-11)12(15)14(4)5/h11-14H,6-10,15H2,1-5H3;7-10H,4-6,11-14H2,1-3H3,(H,19,21);5-8,14H,9-13H2,1-4H3;5-8H,9-12H2,1-4H3;5-8H,9-12H2,1-4H3;7-10H,4-6,11-12H2,1-3H3;6-9H,1-5H3. The quantitative estimate of drug-likeness (QED) is 0.0523. The molecule has 12 rings (SSSR count). The SMILES string of the molecule is CC(=O)N1CCN(C(=O)c2ccc(C(C)(C)C)cc2)CC1.CC(C)(C)c1ccc(C(=O)N2CCCCC2)cc1.CC(C)(C)c1ccc(C(=O)N2CCN(S(C)(=O)=O)CC2)cc1.CC(C)(C)c1ccc(C(=O)NCCCN2CCCC2)cc1.CCN(CC)CCCCC(=O)c1ccc(C(C)(C)C)cc1.CN(C)C(=O)c1ccc(C(C)(C)C)cc1.COCC1CCN(C(=O)c2ccc(C(C)(C)C)cc2)CC1. The van der Waals surface area contributed by atoms with Crippen LogP contribution in [0.1, 0.15) is 348 Å². The number of ketones is 1. The molecule has 0 spiro atoms. The number of ether oxygens (including phenoxy) is 1. The summed E-state index contributed by atoms with van der Waals surface area (Å²) in [6, 6.07) is 55.6. The highest BCUT2D eigenvalue weighted by Gasteiger charge is 2.31. The van der Waals surface area contributed by atoms with Gasteiger partial charge >= 0.3 is 0 Å².